The van der Waals surface area contributed by atoms with Gasteiger partial charge in [0.2, 0.25) is 0 Å². The molecule has 6 nitrogen and oxygen atoms in total. The Morgan fingerprint density at radius 1 is 1.12 bits per heavy atom. The topological polar surface area (TPSA) is 61.4 Å². The number of aryl methyl sites for hydroxylation is 1. The van der Waals surface area contributed by atoms with E-state index in [1.807, 2.05) is 7.05 Å². The molecule has 0 spiro atoms. The number of likely N-dealkylation sites (N-methyl/N-ethyl adjacent to an activating group) is 1. The largest absolute Gasteiger partial charge is 0.418 e. The highest BCUT2D eigenvalue weighted by Crippen LogP contribution is 2.37. The van der Waals surface area contributed by atoms with Gasteiger partial charge in [-0.1, -0.05) is 6.07 Å². The van der Waals surface area contributed by atoms with Crippen molar-refractivity contribution < 1.29 is 18.0 Å². The Morgan fingerprint density at radius 3 is 2.59 bits per heavy atom. The van der Waals surface area contributed by atoms with Crippen molar-refractivity contribution in [3.05, 3.63) is 65.0 Å². The summed E-state index contributed by atoms with van der Waals surface area (Å²) < 4.78 is 41.4. The number of nitrogens with one attached hydrogen (secondary N) is 1. The van der Waals surface area contributed by atoms with Crippen LogP contribution in [-0.4, -0.2) is 54.0 Å². The van der Waals surface area contributed by atoms with Gasteiger partial charge in [-0.15, -0.1) is 0 Å². The van der Waals surface area contributed by atoms with Gasteiger partial charge in [0.25, 0.3) is 5.91 Å². The molecular weight excluding hydrogens is 419 g/mol. The van der Waals surface area contributed by atoms with E-state index in [0.717, 1.165) is 11.5 Å². The normalized spacial score (nSPS) is 15.2. The van der Waals surface area contributed by atoms with Crippen LogP contribution in [0, 0.1) is 6.92 Å². The highest BCUT2D eigenvalue weighted by atomic mass is 19.4. The highest BCUT2D eigenvalue weighted by Gasteiger charge is 2.35. The molecule has 32 heavy (non-hydrogen) atoms. The molecule has 1 N–H and O–H groups in total. The van der Waals surface area contributed by atoms with Crippen molar-refractivity contribution in [1.29, 1.82) is 0 Å². The minimum Gasteiger partial charge on any atom is -0.368 e. The van der Waals surface area contributed by atoms with Crippen LogP contribution in [0.5, 0.6) is 0 Å². The third kappa shape index (κ3) is 4.67. The van der Waals surface area contributed by atoms with Gasteiger partial charge >= 0.3 is 6.18 Å². The third-order valence-electron chi connectivity index (χ3n) is 5.69. The average molecular weight is 443 g/mol. The Balaban J connectivity index is 1.53. The van der Waals surface area contributed by atoms with E-state index < -0.39 is 17.6 Å². The van der Waals surface area contributed by atoms with Crippen molar-refractivity contribution in [3.63, 3.8) is 0 Å². The lowest BCUT2D eigenvalue weighted by molar-refractivity contribution is -0.137. The fourth-order valence-corrected chi connectivity index (χ4v) is 3.85. The molecule has 3 aromatic rings. The van der Waals surface area contributed by atoms with Crippen molar-refractivity contribution in [3.8, 4) is 0 Å². The average Bonchev–Trinajstić information content (AvgIpc) is 2.77. The number of carbonyl (C=O) groups is 1. The van der Waals surface area contributed by atoms with Crippen molar-refractivity contribution >= 4 is 22.6 Å². The number of anilines is 1. The summed E-state index contributed by atoms with van der Waals surface area (Å²) in [5, 5.41) is 3.44. The first-order chi connectivity index (χ1) is 15.2. The first kappa shape index (κ1) is 22.0. The summed E-state index contributed by atoms with van der Waals surface area (Å²) in [5.41, 5.74) is 1.31. The molecule has 0 atom stereocenters. The fourth-order valence-electron chi connectivity index (χ4n) is 3.85. The number of piperazine rings is 1. The van der Waals surface area contributed by atoms with Crippen LogP contribution in [0.3, 0.4) is 0 Å². The minimum atomic E-state index is -4.48. The molecule has 0 saturated carbocycles. The number of amides is 1. The summed E-state index contributed by atoms with van der Waals surface area (Å²) in [4.78, 5) is 25.1. The van der Waals surface area contributed by atoms with Gasteiger partial charge in [0.05, 0.1) is 16.8 Å². The van der Waals surface area contributed by atoms with Gasteiger partial charge in [0.1, 0.15) is 0 Å². The highest BCUT2D eigenvalue weighted by molar-refractivity contribution is 5.98. The van der Waals surface area contributed by atoms with E-state index in [-0.39, 0.29) is 12.2 Å². The summed E-state index contributed by atoms with van der Waals surface area (Å²) >= 11 is 0. The fraction of sp³-hybridized carbons (Fsp3) is 0.348. The number of aromatic nitrogens is 2. The summed E-state index contributed by atoms with van der Waals surface area (Å²) in [6.45, 7) is 4.19. The second-order valence-electron chi connectivity index (χ2n) is 7.99. The predicted molar refractivity (Wildman–Crippen MR) is 117 cm³/mol. The van der Waals surface area contributed by atoms with Gasteiger partial charge in [0.15, 0.2) is 5.65 Å². The molecule has 1 aliphatic heterocycles. The van der Waals surface area contributed by atoms with Crippen molar-refractivity contribution in [2.45, 2.75) is 19.6 Å². The van der Waals surface area contributed by atoms with Gasteiger partial charge in [-0.25, -0.2) is 9.97 Å². The Labute approximate surface area is 184 Å². The zero-order valence-electron chi connectivity index (χ0n) is 17.9. The Hall–Kier alpha value is -3.20. The predicted octanol–water partition coefficient (Wildman–Crippen LogP) is 3.64. The van der Waals surface area contributed by atoms with E-state index in [4.69, 9.17) is 0 Å². The van der Waals surface area contributed by atoms with Gasteiger partial charge in [-0.2, -0.15) is 13.2 Å². The Bertz CT molecular complexity index is 1140. The van der Waals surface area contributed by atoms with Crippen LogP contribution >= 0.6 is 0 Å². The van der Waals surface area contributed by atoms with Crippen LogP contribution in [0.2, 0.25) is 0 Å². The molecule has 0 aliphatic carbocycles. The SMILES string of the molecule is Cc1nc2ncccc2cc1C(=O)NCc1ccc(N2CCN(C)CC2)c(C(F)(F)F)c1. The van der Waals surface area contributed by atoms with Gasteiger partial charge < -0.3 is 15.1 Å². The number of nitrogens with zero attached hydrogens (tertiary/aromatic N) is 4. The third-order valence-corrected chi connectivity index (χ3v) is 5.69. The molecule has 1 amide bonds. The molecule has 1 saturated heterocycles. The van der Waals surface area contributed by atoms with E-state index in [1.54, 1.807) is 42.3 Å². The Kier molecular flexibility index (Phi) is 6.01. The summed E-state index contributed by atoms with van der Waals surface area (Å²) in [5.74, 6) is -0.391. The lowest BCUT2D eigenvalue weighted by Crippen LogP contribution is -2.45. The zero-order chi connectivity index (χ0) is 22.9. The molecule has 4 rings (SSSR count). The van der Waals surface area contributed by atoms with Crippen molar-refractivity contribution in [1.82, 2.24) is 20.2 Å². The Morgan fingerprint density at radius 2 is 1.88 bits per heavy atom. The van der Waals surface area contributed by atoms with E-state index in [0.29, 0.717) is 48.6 Å². The van der Waals surface area contributed by atoms with Crippen LogP contribution in [0.15, 0.2) is 42.6 Å². The number of hydrogen-bond acceptors (Lipinski definition) is 5. The molecule has 0 radical (unpaired) electrons. The van der Waals surface area contributed by atoms with E-state index in [1.165, 1.54) is 6.07 Å². The lowest BCUT2D eigenvalue weighted by Gasteiger charge is -2.35. The number of hydrogen-bond donors (Lipinski definition) is 1. The molecule has 2 aromatic heterocycles. The maximum Gasteiger partial charge on any atom is 0.418 e. The van der Waals surface area contributed by atoms with Crippen molar-refractivity contribution in [2.75, 3.05) is 38.1 Å². The second kappa shape index (κ2) is 8.74. The van der Waals surface area contributed by atoms with Crippen LogP contribution in [-0.2, 0) is 12.7 Å². The minimum absolute atomic E-state index is 0.0184. The molecule has 1 fully saturated rings. The second-order valence-corrected chi connectivity index (χ2v) is 7.99. The smallest absolute Gasteiger partial charge is 0.368 e. The first-order valence-corrected chi connectivity index (χ1v) is 10.4. The van der Waals surface area contributed by atoms with Gasteiger partial charge in [-0.3, -0.25) is 4.79 Å². The quantitative estimate of drug-likeness (QED) is 0.667. The maximum absolute atomic E-state index is 13.8. The standard InChI is InChI=1S/C23H24F3N5O/c1-15-18(13-17-4-3-7-27-21(17)29-15)22(32)28-14-16-5-6-20(19(12-16)23(24,25)26)31-10-8-30(2)9-11-31/h3-7,12-13H,8-11,14H2,1-2H3,(H,28,32). The molecule has 9 heteroatoms. The summed E-state index contributed by atoms with van der Waals surface area (Å²) in [6, 6.07) is 9.52. The zero-order valence-corrected chi connectivity index (χ0v) is 17.9. The molecule has 168 valence electrons. The number of carbonyl (C=O) groups excluding carboxylic acids is 1. The molecule has 1 aromatic carbocycles. The number of pyridine rings is 2. The molecule has 0 bridgehead atoms. The molecule has 3 heterocycles. The molecule has 1 aliphatic rings. The van der Waals surface area contributed by atoms with Crippen LogP contribution in [0.4, 0.5) is 18.9 Å². The summed E-state index contributed by atoms with van der Waals surface area (Å²) in [7, 11) is 1.96. The number of halogens is 3. The number of alkyl halides is 3. The molecule has 0 unspecified atom stereocenters. The first-order valence-electron chi connectivity index (χ1n) is 10.4. The van der Waals surface area contributed by atoms with Crippen LogP contribution in [0.25, 0.3) is 11.0 Å². The lowest BCUT2D eigenvalue weighted by atomic mass is 10.1. The summed E-state index contributed by atoms with van der Waals surface area (Å²) in [6.07, 6.45) is -2.86. The van der Waals surface area contributed by atoms with E-state index in [2.05, 4.69) is 20.2 Å². The van der Waals surface area contributed by atoms with Gasteiger partial charge in [-0.05, 0) is 49.9 Å². The molecular formula is C23H24F3N5O. The number of fused-ring (bicyclic) bond motifs is 1. The van der Waals surface area contributed by atoms with Crippen LogP contribution in [0.1, 0.15) is 27.2 Å². The number of rotatable bonds is 4. The van der Waals surface area contributed by atoms with Gasteiger partial charge in [0, 0.05) is 50.0 Å². The van der Waals surface area contributed by atoms with E-state index in [9.17, 15) is 18.0 Å². The number of benzene rings is 1. The maximum atomic E-state index is 13.8. The van der Waals surface area contributed by atoms with Crippen molar-refractivity contribution in [2.24, 2.45) is 0 Å². The van der Waals surface area contributed by atoms with Crippen LogP contribution < -0.4 is 10.2 Å². The monoisotopic (exact) mass is 443 g/mol. The van der Waals surface area contributed by atoms with E-state index >= 15 is 0 Å².